The smallest absolute Gasteiger partial charge is 0.222 e. The van der Waals surface area contributed by atoms with Gasteiger partial charge in [-0.1, -0.05) is 42.5 Å². The first-order chi connectivity index (χ1) is 16.5. The molecule has 0 aliphatic heterocycles. The fraction of sp³-hybridized carbons (Fsp3) is 0.370. The highest BCUT2D eigenvalue weighted by molar-refractivity contribution is 5.65. The van der Waals surface area contributed by atoms with Gasteiger partial charge in [-0.15, -0.1) is 6.58 Å². The van der Waals surface area contributed by atoms with Gasteiger partial charge in [-0.3, -0.25) is 4.90 Å². The number of aromatic nitrogens is 2. The molecule has 0 radical (unpaired) electrons. The van der Waals surface area contributed by atoms with Crippen molar-refractivity contribution in [2.75, 3.05) is 26.3 Å². The van der Waals surface area contributed by atoms with Gasteiger partial charge in [-0.2, -0.15) is 5.10 Å². The van der Waals surface area contributed by atoms with Gasteiger partial charge >= 0.3 is 0 Å². The monoisotopic (exact) mass is 465 g/mol. The molecule has 3 aromatic rings. The standard InChI is InChI=1S/C27H32FN3O3/c1-3-14-33-19-23(32)17-31(16-20-12-13-20)18-25-26(21-8-5-4-6-9-21)29-30(2)27(25)34-24-11-7-10-22(28)15-24/h3-11,15,20,23,32H,1,12-14,16-19H2,2H3. The minimum Gasteiger partial charge on any atom is -0.439 e. The third-order valence-electron chi connectivity index (χ3n) is 5.76. The maximum Gasteiger partial charge on any atom is 0.222 e. The second-order valence-electron chi connectivity index (χ2n) is 8.80. The molecule has 1 saturated carbocycles. The minimum absolute atomic E-state index is 0.248. The summed E-state index contributed by atoms with van der Waals surface area (Å²) in [7, 11) is 1.83. The third-order valence-corrected chi connectivity index (χ3v) is 5.76. The van der Waals surface area contributed by atoms with E-state index < -0.39 is 6.10 Å². The van der Waals surface area contributed by atoms with E-state index in [4.69, 9.17) is 14.6 Å². The lowest BCUT2D eigenvalue weighted by Crippen LogP contribution is -2.36. The molecule has 180 valence electrons. The van der Waals surface area contributed by atoms with Crippen molar-refractivity contribution in [3.63, 3.8) is 0 Å². The van der Waals surface area contributed by atoms with Crippen LogP contribution in [0, 0.1) is 11.7 Å². The molecule has 0 amide bonds. The molecule has 0 bridgehead atoms. The Morgan fingerprint density at radius 1 is 1.24 bits per heavy atom. The Balaban J connectivity index is 1.64. The number of rotatable bonds is 13. The van der Waals surface area contributed by atoms with Crippen LogP contribution in [0.4, 0.5) is 4.39 Å². The Labute approximate surface area is 200 Å². The maximum absolute atomic E-state index is 13.8. The van der Waals surface area contributed by atoms with Gasteiger partial charge in [0.1, 0.15) is 17.3 Å². The molecular formula is C27H32FN3O3. The molecule has 2 aromatic carbocycles. The quantitative estimate of drug-likeness (QED) is 0.290. The molecule has 1 aromatic heterocycles. The summed E-state index contributed by atoms with van der Waals surface area (Å²) in [6, 6.07) is 16.0. The van der Waals surface area contributed by atoms with Gasteiger partial charge in [0.2, 0.25) is 5.88 Å². The molecule has 1 N–H and O–H groups in total. The van der Waals surface area contributed by atoms with Gasteiger partial charge in [0.05, 0.1) is 24.9 Å². The fourth-order valence-corrected chi connectivity index (χ4v) is 4.02. The van der Waals surface area contributed by atoms with Crippen LogP contribution in [0.1, 0.15) is 18.4 Å². The molecule has 1 aliphatic carbocycles. The summed E-state index contributed by atoms with van der Waals surface area (Å²) in [6.07, 6.45) is 3.45. The summed E-state index contributed by atoms with van der Waals surface area (Å²) in [6.45, 7) is 6.19. The summed E-state index contributed by atoms with van der Waals surface area (Å²) in [5, 5.41) is 15.3. The summed E-state index contributed by atoms with van der Waals surface area (Å²) in [5.41, 5.74) is 2.69. The Morgan fingerprint density at radius 3 is 2.74 bits per heavy atom. The van der Waals surface area contributed by atoms with Crippen molar-refractivity contribution in [3.8, 4) is 22.9 Å². The van der Waals surface area contributed by atoms with Crippen molar-refractivity contribution in [1.29, 1.82) is 0 Å². The number of nitrogens with zero attached hydrogens (tertiary/aromatic N) is 3. The highest BCUT2D eigenvalue weighted by Crippen LogP contribution is 2.36. The van der Waals surface area contributed by atoms with E-state index in [9.17, 15) is 9.50 Å². The number of halogens is 1. The van der Waals surface area contributed by atoms with E-state index >= 15 is 0 Å². The third kappa shape index (κ3) is 6.53. The number of aryl methyl sites for hydroxylation is 1. The van der Waals surface area contributed by atoms with E-state index in [1.807, 2.05) is 37.4 Å². The SMILES string of the molecule is C=CCOCC(O)CN(Cc1c(-c2ccccc2)nn(C)c1Oc1cccc(F)c1)CC1CC1. The summed E-state index contributed by atoms with van der Waals surface area (Å²) in [4.78, 5) is 2.24. The van der Waals surface area contributed by atoms with Crippen molar-refractivity contribution in [1.82, 2.24) is 14.7 Å². The van der Waals surface area contributed by atoms with Crippen molar-refractivity contribution in [2.24, 2.45) is 13.0 Å². The summed E-state index contributed by atoms with van der Waals surface area (Å²) < 4.78 is 27.1. The van der Waals surface area contributed by atoms with Gasteiger partial charge in [-0.05, 0) is 30.9 Å². The zero-order chi connectivity index (χ0) is 23.9. The predicted molar refractivity (Wildman–Crippen MR) is 130 cm³/mol. The normalized spacial score (nSPS) is 14.4. The van der Waals surface area contributed by atoms with Crippen LogP contribution in [-0.2, 0) is 18.3 Å². The molecule has 6 nitrogen and oxygen atoms in total. The molecular weight excluding hydrogens is 433 g/mol. The van der Waals surface area contributed by atoms with Crippen molar-refractivity contribution in [2.45, 2.75) is 25.5 Å². The fourth-order valence-electron chi connectivity index (χ4n) is 4.02. The van der Waals surface area contributed by atoms with E-state index in [1.165, 1.54) is 25.0 Å². The van der Waals surface area contributed by atoms with E-state index in [0.29, 0.717) is 37.2 Å². The Morgan fingerprint density at radius 2 is 2.03 bits per heavy atom. The Kier molecular flexibility index (Phi) is 8.11. The Hall–Kier alpha value is -3.00. The van der Waals surface area contributed by atoms with Gasteiger partial charge in [0.25, 0.3) is 0 Å². The van der Waals surface area contributed by atoms with Crippen molar-refractivity contribution >= 4 is 0 Å². The second-order valence-corrected chi connectivity index (χ2v) is 8.80. The van der Waals surface area contributed by atoms with E-state index in [-0.39, 0.29) is 12.4 Å². The first kappa shape index (κ1) is 24.1. The van der Waals surface area contributed by atoms with Crippen molar-refractivity contribution < 1.29 is 19.0 Å². The zero-order valence-electron chi connectivity index (χ0n) is 19.6. The maximum atomic E-state index is 13.8. The van der Waals surface area contributed by atoms with Crippen LogP contribution in [0.3, 0.4) is 0 Å². The van der Waals surface area contributed by atoms with Crippen LogP contribution in [0.2, 0.25) is 0 Å². The Bertz CT molecular complexity index is 1080. The lowest BCUT2D eigenvalue weighted by molar-refractivity contribution is 0.0235. The van der Waals surface area contributed by atoms with E-state index in [0.717, 1.165) is 23.4 Å². The van der Waals surface area contributed by atoms with Gasteiger partial charge in [0.15, 0.2) is 0 Å². The van der Waals surface area contributed by atoms with Crippen LogP contribution in [-0.4, -0.2) is 52.2 Å². The molecule has 34 heavy (non-hydrogen) atoms. The van der Waals surface area contributed by atoms with Crippen LogP contribution < -0.4 is 4.74 Å². The predicted octanol–water partition coefficient (Wildman–Crippen LogP) is 4.79. The molecule has 4 rings (SSSR count). The van der Waals surface area contributed by atoms with Gasteiger partial charge in [0, 0.05) is 38.3 Å². The molecule has 1 fully saturated rings. The highest BCUT2D eigenvalue weighted by atomic mass is 19.1. The van der Waals surface area contributed by atoms with E-state index in [1.54, 1.807) is 22.9 Å². The number of ether oxygens (including phenoxy) is 2. The van der Waals surface area contributed by atoms with Crippen molar-refractivity contribution in [3.05, 3.63) is 78.6 Å². The largest absolute Gasteiger partial charge is 0.439 e. The van der Waals surface area contributed by atoms with E-state index in [2.05, 4.69) is 11.5 Å². The molecule has 1 unspecified atom stereocenters. The second kappa shape index (κ2) is 11.4. The molecule has 0 spiro atoms. The number of hydrogen-bond acceptors (Lipinski definition) is 5. The highest BCUT2D eigenvalue weighted by Gasteiger charge is 2.28. The van der Waals surface area contributed by atoms with Gasteiger partial charge < -0.3 is 14.6 Å². The summed E-state index contributed by atoms with van der Waals surface area (Å²) in [5.74, 6) is 1.24. The topological polar surface area (TPSA) is 59.8 Å². The first-order valence-electron chi connectivity index (χ1n) is 11.7. The first-order valence-corrected chi connectivity index (χ1v) is 11.7. The number of hydrogen-bond donors (Lipinski definition) is 1. The van der Waals surface area contributed by atoms with Crippen LogP contribution in [0.5, 0.6) is 11.6 Å². The molecule has 1 heterocycles. The van der Waals surface area contributed by atoms with Crippen LogP contribution >= 0.6 is 0 Å². The summed E-state index contributed by atoms with van der Waals surface area (Å²) >= 11 is 0. The molecule has 0 saturated heterocycles. The lowest BCUT2D eigenvalue weighted by atomic mass is 10.1. The van der Waals surface area contributed by atoms with Gasteiger partial charge in [-0.25, -0.2) is 9.07 Å². The zero-order valence-corrected chi connectivity index (χ0v) is 19.6. The number of aliphatic hydroxyl groups excluding tert-OH is 1. The number of aliphatic hydroxyl groups is 1. The average molecular weight is 466 g/mol. The molecule has 1 aliphatic rings. The average Bonchev–Trinajstić information content (AvgIpc) is 3.59. The minimum atomic E-state index is -0.622. The molecule has 1 atom stereocenters. The van der Waals surface area contributed by atoms with Crippen LogP contribution in [0.15, 0.2) is 67.3 Å². The lowest BCUT2D eigenvalue weighted by Gasteiger charge is -2.25. The number of benzene rings is 2. The molecule has 7 heteroatoms. The van der Waals surface area contributed by atoms with Crippen LogP contribution in [0.25, 0.3) is 11.3 Å².